The number of hydrogen-bond acceptors (Lipinski definition) is 5. The lowest BCUT2D eigenvalue weighted by Crippen LogP contribution is -2.24. The first kappa shape index (κ1) is 16.3. The highest BCUT2D eigenvalue weighted by molar-refractivity contribution is 7.94. The number of hydrogen-bond donors (Lipinski definition) is 1. The lowest BCUT2D eigenvalue weighted by molar-refractivity contribution is 0.598. The van der Waals surface area contributed by atoms with Crippen molar-refractivity contribution in [3.8, 4) is 0 Å². The third-order valence-corrected chi connectivity index (χ3v) is 8.23. The van der Waals surface area contributed by atoms with E-state index in [1.165, 1.54) is 15.6 Å². The Bertz CT molecular complexity index is 915. The van der Waals surface area contributed by atoms with Crippen LogP contribution in [0.5, 0.6) is 0 Å². The van der Waals surface area contributed by atoms with Gasteiger partial charge in [-0.15, -0.1) is 11.3 Å². The summed E-state index contributed by atoms with van der Waals surface area (Å²) in [6.07, 6.45) is 0.606. The van der Waals surface area contributed by atoms with Gasteiger partial charge in [-0.3, -0.25) is 9.03 Å². The zero-order valence-corrected chi connectivity index (χ0v) is 14.8. The fraction of sp³-hybridized carbons (Fsp3) is 0.286. The Morgan fingerprint density at radius 2 is 1.83 bits per heavy atom. The minimum atomic E-state index is -3.61. The van der Waals surface area contributed by atoms with Crippen molar-refractivity contribution < 1.29 is 16.8 Å². The third-order valence-electron chi connectivity index (χ3n) is 3.49. The minimum absolute atomic E-state index is 0.152. The van der Waals surface area contributed by atoms with Crippen molar-refractivity contribution in [1.82, 2.24) is 0 Å². The molecule has 1 aliphatic heterocycles. The predicted octanol–water partition coefficient (Wildman–Crippen LogP) is 2.40. The first-order valence-corrected chi connectivity index (χ1v) is 10.9. The van der Waals surface area contributed by atoms with E-state index >= 15 is 0 Å². The average molecular weight is 372 g/mol. The van der Waals surface area contributed by atoms with E-state index in [9.17, 15) is 16.8 Å². The maximum absolute atomic E-state index is 12.3. The Hall–Kier alpha value is -1.58. The normalized spacial score (nSPS) is 17.3. The molecule has 1 aliphatic rings. The molecule has 1 aromatic carbocycles. The molecule has 2 aromatic rings. The van der Waals surface area contributed by atoms with Crippen LogP contribution < -0.4 is 9.03 Å². The molecule has 124 valence electrons. The molecule has 1 fully saturated rings. The molecule has 0 atom stereocenters. The van der Waals surface area contributed by atoms with E-state index in [0.717, 1.165) is 4.88 Å². The Kier molecular flexibility index (Phi) is 4.11. The van der Waals surface area contributed by atoms with Gasteiger partial charge in [-0.1, -0.05) is 0 Å². The molecule has 0 saturated carbocycles. The van der Waals surface area contributed by atoms with Gasteiger partial charge in [-0.2, -0.15) is 0 Å². The van der Waals surface area contributed by atoms with E-state index < -0.39 is 20.0 Å². The highest BCUT2D eigenvalue weighted by Crippen LogP contribution is 2.27. The summed E-state index contributed by atoms with van der Waals surface area (Å²) in [6, 6.07) is 9.68. The number of nitrogens with one attached hydrogen (secondary N) is 1. The molecule has 2 heterocycles. The van der Waals surface area contributed by atoms with Crippen LogP contribution in [0.2, 0.25) is 0 Å². The van der Waals surface area contributed by atoms with Gasteiger partial charge >= 0.3 is 0 Å². The molecule has 0 spiro atoms. The second-order valence-corrected chi connectivity index (χ2v) is 10.5. The number of thiophene rings is 1. The molecule has 0 bridgehead atoms. The monoisotopic (exact) mass is 372 g/mol. The van der Waals surface area contributed by atoms with Crippen LogP contribution in [0.1, 0.15) is 11.3 Å². The van der Waals surface area contributed by atoms with Gasteiger partial charge in [0.05, 0.1) is 11.4 Å². The highest BCUT2D eigenvalue weighted by Gasteiger charge is 2.28. The van der Waals surface area contributed by atoms with Gasteiger partial charge in [-0.05, 0) is 49.7 Å². The molecule has 0 radical (unpaired) electrons. The lowest BCUT2D eigenvalue weighted by Gasteiger charge is -2.17. The molecule has 1 N–H and O–H groups in total. The molecule has 9 heteroatoms. The maximum Gasteiger partial charge on any atom is 0.271 e. The molecule has 1 saturated heterocycles. The summed E-state index contributed by atoms with van der Waals surface area (Å²) < 4.78 is 52.4. The van der Waals surface area contributed by atoms with E-state index in [-0.39, 0.29) is 9.96 Å². The van der Waals surface area contributed by atoms with Gasteiger partial charge in [0.15, 0.2) is 0 Å². The number of aryl methyl sites for hydroxylation is 1. The average Bonchev–Trinajstić information content (AvgIpc) is 3.05. The van der Waals surface area contributed by atoms with Crippen molar-refractivity contribution in [3.63, 3.8) is 0 Å². The van der Waals surface area contributed by atoms with Gasteiger partial charge in [0.1, 0.15) is 4.21 Å². The van der Waals surface area contributed by atoms with Crippen molar-refractivity contribution in [2.24, 2.45) is 0 Å². The van der Waals surface area contributed by atoms with Crippen molar-refractivity contribution in [2.75, 3.05) is 21.3 Å². The summed E-state index contributed by atoms with van der Waals surface area (Å²) in [7, 11) is -6.84. The van der Waals surface area contributed by atoms with Crippen LogP contribution in [0, 0.1) is 6.92 Å². The zero-order chi connectivity index (χ0) is 16.7. The van der Waals surface area contributed by atoms with Crippen LogP contribution >= 0.6 is 11.3 Å². The third kappa shape index (κ3) is 3.36. The summed E-state index contributed by atoms with van der Waals surface area (Å²) in [5.41, 5.74) is 0.953. The number of rotatable bonds is 4. The van der Waals surface area contributed by atoms with Crippen molar-refractivity contribution in [1.29, 1.82) is 0 Å². The second kappa shape index (κ2) is 5.81. The van der Waals surface area contributed by atoms with Gasteiger partial charge in [0.2, 0.25) is 10.0 Å². The molecular formula is C14H16N2O4S3. The Morgan fingerprint density at radius 1 is 1.13 bits per heavy atom. The topological polar surface area (TPSA) is 83.6 Å². The summed E-state index contributed by atoms with van der Waals surface area (Å²) in [4.78, 5) is 0.917. The second-order valence-electron chi connectivity index (χ2n) is 5.26. The molecule has 3 rings (SSSR count). The van der Waals surface area contributed by atoms with E-state index in [1.54, 1.807) is 36.4 Å². The highest BCUT2D eigenvalue weighted by atomic mass is 32.2. The summed E-state index contributed by atoms with van der Waals surface area (Å²) >= 11 is 1.20. The van der Waals surface area contributed by atoms with Crippen molar-refractivity contribution >= 4 is 42.8 Å². The number of anilines is 2. The van der Waals surface area contributed by atoms with Crippen molar-refractivity contribution in [3.05, 3.63) is 41.3 Å². The molecule has 0 amide bonds. The largest absolute Gasteiger partial charge is 0.279 e. The van der Waals surface area contributed by atoms with Crippen LogP contribution in [0.4, 0.5) is 11.4 Å². The maximum atomic E-state index is 12.3. The Morgan fingerprint density at radius 3 is 2.35 bits per heavy atom. The van der Waals surface area contributed by atoms with E-state index in [0.29, 0.717) is 24.3 Å². The molecular weight excluding hydrogens is 356 g/mol. The van der Waals surface area contributed by atoms with Gasteiger partial charge in [0.25, 0.3) is 10.0 Å². The number of sulfonamides is 2. The molecule has 0 aliphatic carbocycles. The SMILES string of the molecule is Cc1ccc(S(=O)(=O)Nc2ccc(N3CCCS3(=O)=O)cc2)s1. The molecule has 6 nitrogen and oxygen atoms in total. The van der Waals surface area contributed by atoms with Gasteiger partial charge in [0, 0.05) is 17.1 Å². The zero-order valence-electron chi connectivity index (χ0n) is 12.4. The summed E-state index contributed by atoms with van der Waals surface area (Å²) in [6.45, 7) is 2.30. The minimum Gasteiger partial charge on any atom is -0.279 e. The van der Waals surface area contributed by atoms with Crippen LogP contribution in [0.15, 0.2) is 40.6 Å². The first-order chi connectivity index (χ1) is 10.8. The first-order valence-electron chi connectivity index (χ1n) is 6.98. The quantitative estimate of drug-likeness (QED) is 0.893. The fourth-order valence-corrected chi connectivity index (χ4v) is 6.29. The number of nitrogens with zero attached hydrogens (tertiary/aromatic N) is 1. The Labute approximate surface area is 139 Å². The molecule has 0 unspecified atom stereocenters. The smallest absolute Gasteiger partial charge is 0.271 e. The van der Waals surface area contributed by atoms with Crippen LogP contribution in [0.3, 0.4) is 0 Å². The summed E-state index contributed by atoms with van der Waals surface area (Å²) in [5, 5.41) is 0. The van der Waals surface area contributed by atoms with Crippen LogP contribution in [0.25, 0.3) is 0 Å². The fourth-order valence-electron chi connectivity index (χ4n) is 2.39. The molecule has 1 aromatic heterocycles. The van der Waals surface area contributed by atoms with E-state index in [1.807, 2.05) is 6.92 Å². The van der Waals surface area contributed by atoms with Crippen molar-refractivity contribution in [2.45, 2.75) is 17.6 Å². The van der Waals surface area contributed by atoms with Crippen LogP contribution in [-0.4, -0.2) is 29.1 Å². The van der Waals surface area contributed by atoms with E-state index in [2.05, 4.69) is 4.72 Å². The lowest BCUT2D eigenvalue weighted by atomic mass is 10.3. The summed E-state index contributed by atoms with van der Waals surface area (Å²) in [5.74, 6) is 0.152. The number of benzene rings is 1. The molecule has 23 heavy (non-hydrogen) atoms. The van der Waals surface area contributed by atoms with Gasteiger partial charge in [-0.25, -0.2) is 16.8 Å². The predicted molar refractivity (Wildman–Crippen MR) is 92.1 cm³/mol. The Balaban J connectivity index is 1.80. The van der Waals surface area contributed by atoms with Gasteiger partial charge < -0.3 is 0 Å². The standard InChI is InChI=1S/C14H16N2O4S3/c1-11-3-8-14(21-11)23(19,20)15-12-4-6-13(7-5-12)16-9-2-10-22(16,17)18/h3-8,15H,2,9-10H2,1H3. The van der Waals surface area contributed by atoms with Crippen LogP contribution in [-0.2, 0) is 20.0 Å². The van der Waals surface area contributed by atoms with E-state index in [4.69, 9.17) is 0 Å².